The van der Waals surface area contributed by atoms with Crippen LogP contribution in [0.2, 0.25) is 10.0 Å². The van der Waals surface area contributed by atoms with E-state index in [1.165, 1.54) is 0 Å². The first-order valence-corrected chi connectivity index (χ1v) is 8.17. The van der Waals surface area contributed by atoms with E-state index in [2.05, 4.69) is 29.5 Å². The molecule has 1 amide bonds. The van der Waals surface area contributed by atoms with Crippen LogP contribution in [-0.2, 0) is 0 Å². The first-order valence-electron chi connectivity index (χ1n) is 7.41. The number of halogens is 2. The van der Waals surface area contributed by atoms with Crippen LogP contribution in [0.15, 0.2) is 36.5 Å². The van der Waals surface area contributed by atoms with Gasteiger partial charge in [-0.1, -0.05) is 37.0 Å². The lowest BCUT2D eigenvalue weighted by atomic mass is 10.1. The maximum absolute atomic E-state index is 12.0. The van der Waals surface area contributed by atoms with Gasteiger partial charge in [0.1, 0.15) is 5.69 Å². The molecule has 0 radical (unpaired) electrons. The highest BCUT2D eigenvalue weighted by atomic mass is 35.5. The number of carbonyl (C=O) groups is 1. The standard InChI is InChI=1S/C17H19Cl2N3O/c1-11(2)5-6-20-17(23)16-4-3-14(10-21-16)22-15-8-12(18)7-13(19)9-15/h3-4,7-11,22H,5-6H2,1-2H3,(H,20,23). The van der Waals surface area contributed by atoms with Crippen molar-refractivity contribution in [2.45, 2.75) is 20.3 Å². The van der Waals surface area contributed by atoms with E-state index in [1.807, 2.05) is 0 Å². The summed E-state index contributed by atoms with van der Waals surface area (Å²) in [4.78, 5) is 16.1. The molecule has 2 rings (SSSR count). The summed E-state index contributed by atoms with van der Waals surface area (Å²) < 4.78 is 0. The monoisotopic (exact) mass is 351 g/mol. The van der Waals surface area contributed by atoms with Crippen molar-refractivity contribution in [2.75, 3.05) is 11.9 Å². The molecule has 0 fully saturated rings. The fourth-order valence-electron chi connectivity index (χ4n) is 1.96. The summed E-state index contributed by atoms with van der Waals surface area (Å²) in [6, 6.07) is 8.66. The Bertz CT molecular complexity index is 652. The zero-order valence-corrected chi connectivity index (χ0v) is 14.6. The summed E-state index contributed by atoms with van der Waals surface area (Å²) in [5, 5.41) is 7.10. The molecule has 23 heavy (non-hydrogen) atoms. The molecule has 4 nitrogen and oxygen atoms in total. The van der Waals surface area contributed by atoms with Gasteiger partial charge in [-0.25, -0.2) is 4.98 Å². The third-order valence-corrected chi connectivity index (χ3v) is 3.59. The Hall–Kier alpha value is -1.78. The summed E-state index contributed by atoms with van der Waals surface area (Å²) in [6.45, 7) is 4.89. The predicted molar refractivity (Wildman–Crippen MR) is 95.8 cm³/mol. The molecule has 1 heterocycles. The summed E-state index contributed by atoms with van der Waals surface area (Å²) in [6.07, 6.45) is 2.55. The van der Waals surface area contributed by atoms with Crippen LogP contribution in [-0.4, -0.2) is 17.4 Å². The maximum atomic E-state index is 12.0. The van der Waals surface area contributed by atoms with Crippen LogP contribution in [0.25, 0.3) is 0 Å². The first-order chi connectivity index (χ1) is 10.9. The summed E-state index contributed by atoms with van der Waals surface area (Å²) >= 11 is 11.9. The van der Waals surface area contributed by atoms with Crippen LogP contribution in [0.4, 0.5) is 11.4 Å². The maximum Gasteiger partial charge on any atom is 0.269 e. The van der Waals surface area contributed by atoms with Gasteiger partial charge in [0.05, 0.1) is 11.9 Å². The number of aromatic nitrogens is 1. The first kappa shape index (κ1) is 17.6. The van der Waals surface area contributed by atoms with Crippen molar-refractivity contribution in [3.05, 3.63) is 52.3 Å². The molecular weight excluding hydrogens is 333 g/mol. The lowest BCUT2D eigenvalue weighted by Crippen LogP contribution is -2.26. The molecule has 0 spiro atoms. The Morgan fingerprint density at radius 2 is 1.83 bits per heavy atom. The van der Waals surface area contributed by atoms with Gasteiger partial charge in [0, 0.05) is 22.3 Å². The highest BCUT2D eigenvalue weighted by Crippen LogP contribution is 2.25. The minimum atomic E-state index is -0.164. The van der Waals surface area contributed by atoms with Crippen molar-refractivity contribution < 1.29 is 4.79 Å². The van der Waals surface area contributed by atoms with Crippen LogP contribution in [0, 0.1) is 5.92 Å². The highest BCUT2D eigenvalue weighted by Gasteiger charge is 2.07. The molecule has 2 N–H and O–H groups in total. The van der Waals surface area contributed by atoms with Gasteiger partial charge in [-0.15, -0.1) is 0 Å². The van der Waals surface area contributed by atoms with Gasteiger partial charge < -0.3 is 10.6 Å². The molecule has 1 aromatic heterocycles. The van der Waals surface area contributed by atoms with Crippen LogP contribution in [0.5, 0.6) is 0 Å². The molecule has 0 unspecified atom stereocenters. The zero-order chi connectivity index (χ0) is 16.8. The minimum Gasteiger partial charge on any atom is -0.354 e. The third-order valence-electron chi connectivity index (χ3n) is 3.15. The lowest BCUT2D eigenvalue weighted by Gasteiger charge is -2.09. The second kappa shape index (κ2) is 8.18. The van der Waals surface area contributed by atoms with E-state index in [4.69, 9.17) is 23.2 Å². The van der Waals surface area contributed by atoms with Crippen molar-refractivity contribution in [1.29, 1.82) is 0 Å². The predicted octanol–water partition coefficient (Wildman–Crippen LogP) is 4.91. The van der Waals surface area contributed by atoms with E-state index in [-0.39, 0.29) is 5.91 Å². The van der Waals surface area contributed by atoms with E-state index in [9.17, 15) is 4.79 Å². The Balaban J connectivity index is 1.97. The third kappa shape index (κ3) is 5.73. The number of nitrogens with one attached hydrogen (secondary N) is 2. The Kier molecular flexibility index (Phi) is 6.25. The van der Waals surface area contributed by atoms with Gasteiger partial charge >= 0.3 is 0 Å². The van der Waals surface area contributed by atoms with Gasteiger partial charge in [-0.05, 0) is 42.7 Å². The molecule has 0 aliphatic rings. The molecule has 6 heteroatoms. The van der Waals surface area contributed by atoms with Crippen molar-refractivity contribution in [2.24, 2.45) is 5.92 Å². The minimum absolute atomic E-state index is 0.164. The second-order valence-corrected chi connectivity index (χ2v) is 6.53. The number of anilines is 2. The van der Waals surface area contributed by atoms with E-state index in [0.29, 0.717) is 28.2 Å². The molecule has 0 aliphatic heterocycles. The fraction of sp³-hybridized carbons (Fsp3) is 0.294. The number of hydrogen-bond donors (Lipinski definition) is 2. The Morgan fingerprint density at radius 3 is 2.39 bits per heavy atom. The average Bonchev–Trinajstić information content (AvgIpc) is 2.46. The van der Waals surface area contributed by atoms with Gasteiger partial charge in [-0.3, -0.25) is 4.79 Å². The van der Waals surface area contributed by atoms with Crippen molar-refractivity contribution >= 4 is 40.5 Å². The molecule has 122 valence electrons. The summed E-state index contributed by atoms with van der Waals surface area (Å²) in [5.74, 6) is 0.391. The van der Waals surface area contributed by atoms with Crippen molar-refractivity contribution in [3.8, 4) is 0 Å². The van der Waals surface area contributed by atoms with Crippen molar-refractivity contribution in [3.63, 3.8) is 0 Å². The highest BCUT2D eigenvalue weighted by molar-refractivity contribution is 6.35. The number of carbonyl (C=O) groups excluding carboxylic acids is 1. The number of hydrogen-bond acceptors (Lipinski definition) is 3. The van der Waals surface area contributed by atoms with Crippen LogP contribution in [0.1, 0.15) is 30.8 Å². The van der Waals surface area contributed by atoms with E-state index in [1.54, 1.807) is 36.5 Å². The zero-order valence-electron chi connectivity index (χ0n) is 13.1. The number of benzene rings is 1. The Labute approximate surface area is 146 Å². The van der Waals surface area contributed by atoms with Crippen LogP contribution in [0.3, 0.4) is 0 Å². The smallest absolute Gasteiger partial charge is 0.269 e. The lowest BCUT2D eigenvalue weighted by molar-refractivity contribution is 0.0947. The molecule has 0 bridgehead atoms. The van der Waals surface area contributed by atoms with Gasteiger partial charge in [0.25, 0.3) is 5.91 Å². The second-order valence-electron chi connectivity index (χ2n) is 5.65. The fourth-order valence-corrected chi connectivity index (χ4v) is 2.49. The number of pyridine rings is 1. The SMILES string of the molecule is CC(C)CCNC(=O)c1ccc(Nc2cc(Cl)cc(Cl)c2)cn1. The normalized spacial score (nSPS) is 10.7. The molecule has 2 aromatic rings. The quantitative estimate of drug-likeness (QED) is 0.777. The Morgan fingerprint density at radius 1 is 1.13 bits per heavy atom. The average molecular weight is 352 g/mol. The largest absolute Gasteiger partial charge is 0.354 e. The summed E-state index contributed by atoms with van der Waals surface area (Å²) in [5.41, 5.74) is 1.91. The van der Waals surface area contributed by atoms with E-state index in [0.717, 1.165) is 17.8 Å². The van der Waals surface area contributed by atoms with Crippen molar-refractivity contribution in [1.82, 2.24) is 10.3 Å². The number of rotatable bonds is 6. The molecule has 0 atom stereocenters. The van der Waals surface area contributed by atoms with E-state index >= 15 is 0 Å². The van der Waals surface area contributed by atoms with Gasteiger partial charge in [0.2, 0.25) is 0 Å². The topological polar surface area (TPSA) is 54.0 Å². The number of nitrogens with zero attached hydrogens (tertiary/aromatic N) is 1. The molecule has 0 saturated carbocycles. The van der Waals surface area contributed by atoms with Gasteiger partial charge in [-0.2, -0.15) is 0 Å². The summed E-state index contributed by atoms with van der Waals surface area (Å²) in [7, 11) is 0. The van der Waals surface area contributed by atoms with Crippen LogP contribution >= 0.6 is 23.2 Å². The molecule has 1 aromatic carbocycles. The van der Waals surface area contributed by atoms with E-state index < -0.39 is 0 Å². The van der Waals surface area contributed by atoms with Gasteiger partial charge in [0.15, 0.2) is 0 Å². The molecule has 0 aliphatic carbocycles. The molecule has 0 saturated heterocycles. The van der Waals surface area contributed by atoms with Crippen LogP contribution < -0.4 is 10.6 Å². The number of amides is 1. The molecular formula is C17H19Cl2N3O.